The van der Waals surface area contributed by atoms with Crippen LogP contribution in [0, 0.1) is 5.92 Å². The highest BCUT2D eigenvalue weighted by Gasteiger charge is 2.41. The second-order valence-corrected chi connectivity index (χ2v) is 4.85. The lowest BCUT2D eigenvalue weighted by Crippen LogP contribution is -2.39. The molecule has 1 saturated heterocycles. The number of fused-ring (bicyclic) bond motifs is 3. The number of aromatic hydroxyl groups is 1. The molecule has 2 unspecified atom stereocenters. The number of carboxylic acid groups (broad SMARTS) is 1. The lowest BCUT2D eigenvalue weighted by molar-refractivity contribution is -0.141. The molecular formula is C13H15NO3. The Kier molecular flexibility index (Phi) is 2.24. The largest absolute Gasteiger partial charge is 0.508 e. The topological polar surface area (TPSA) is 60.8 Å². The summed E-state index contributed by atoms with van der Waals surface area (Å²) >= 11 is 0. The molecule has 0 radical (unpaired) electrons. The summed E-state index contributed by atoms with van der Waals surface area (Å²) in [5, 5.41) is 18.6. The molecule has 2 aliphatic rings. The van der Waals surface area contributed by atoms with Gasteiger partial charge in [0.1, 0.15) is 5.75 Å². The highest BCUT2D eigenvalue weighted by atomic mass is 16.4. The predicted octanol–water partition coefficient (Wildman–Crippen LogP) is 1.62. The third-order valence-electron chi connectivity index (χ3n) is 3.94. The highest BCUT2D eigenvalue weighted by Crippen LogP contribution is 2.40. The van der Waals surface area contributed by atoms with Crippen LogP contribution in [0.25, 0.3) is 0 Å². The molecule has 1 fully saturated rings. The first-order valence-electron chi connectivity index (χ1n) is 5.98. The summed E-state index contributed by atoms with van der Waals surface area (Å²) in [5.41, 5.74) is 2.23. The lowest BCUT2D eigenvalue weighted by Gasteiger charge is -2.35. The first kappa shape index (κ1) is 10.4. The quantitative estimate of drug-likeness (QED) is 0.773. The van der Waals surface area contributed by atoms with Crippen molar-refractivity contribution < 1.29 is 15.0 Å². The first-order valence-corrected chi connectivity index (χ1v) is 5.98. The van der Waals surface area contributed by atoms with Crippen molar-refractivity contribution in [1.29, 1.82) is 0 Å². The predicted molar refractivity (Wildman–Crippen MR) is 63.3 cm³/mol. The number of carbonyl (C=O) groups is 1. The number of phenols is 1. The molecule has 1 aromatic rings. The van der Waals surface area contributed by atoms with Crippen LogP contribution >= 0.6 is 0 Å². The molecule has 4 heteroatoms. The standard InChI is InChI=1S/C13H15NO3/c15-9-2-4-11-8(7-9)1-3-12-10(13(16)17)5-6-14(11)12/h2,4,7,10,12,15H,1,3,5-6H2,(H,16,17). The van der Waals surface area contributed by atoms with E-state index in [4.69, 9.17) is 0 Å². The monoisotopic (exact) mass is 233 g/mol. The van der Waals surface area contributed by atoms with Gasteiger partial charge in [0, 0.05) is 18.3 Å². The Morgan fingerprint density at radius 1 is 1.35 bits per heavy atom. The third-order valence-corrected chi connectivity index (χ3v) is 3.94. The van der Waals surface area contributed by atoms with Gasteiger partial charge in [-0.1, -0.05) is 0 Å². The van der Waals surface area contributed by atoms with E-state index < -0.39 is 5.97 Å². The van der Waals surface area contributed by atoms with E-state index in [1.165, 1.54) is 0 Å². The van der Waals surface area contributed by atoms with Crippen LogP contribution in [0.15, 0.2) is 18.2 Å². The van der Waals surface area contributed by atoms with Gasteiger partial charge in [-0.25, -0.2) is 0 Å². The molecule has 1 aromatic carbocycles. The Hall–Kier alpha value is -1.71. The minimum atomic E-state index is -0.681. The summed E-state index contributed by atoms with van der Waals surface area (Å²) in [4.78, 5) is 13.3. The van der Waals surface area contributed by atoms with Gasteiger partial charge in [-0.05, 0) is 43.0 Å². The van der Waals surface area contributed by atoms with E-state index in [2.05, 4.69) is 4.90 Å². The minimum Gasteiger partial charge on any atom is -0.508 e. The maximum Gasteiger partial charge on any atom is 0.308 e. The van der Waals surface area contributed by atoms with Gasteiger partial charge in [-0.15, -0.1) is 0 Å². The van der Waals surface area contributed by atoms with Gasteiger partial charge in [0.15, 0.2) is 0 Å². The minimum absolute atomic E-state index is 0.129. The Labute approximate surface area is 99.5 Å². The van der Waals surface area contributed by atoms with Crippen molar-refractivity contribution in [2.45, 2.75) is 25.3 Å². The Bertz CT molecular complexity index is 472. The number of benzene rings is 1. The average molecular weight is 233 g/mol. The van der Waals surface area contributed by atoms with Crippen molar-refractivity contribution in [3.63, 3.8) is 0 Å². The maximum absolute atomic E-state index is 11.2. The van der Waals surface area contributed by atoms with E-state index in [-0.39, 0.29) is 17.7 Å². The first-order chi connectivity index (χ1) is 8.16. The van der Waals surface area contributed by atoms with Crippen molar-refractivity contribution in [3.05, 3.63) is 23.8 Å². The normalized spacial score (nSPS) is 26.5. The molecule has 0 aliphatic carbocycles. The number of hydrogen-bond acceptors (Lipinski definition) is 3. The van der Waals surface area contributed by atoms with Crippen LogP contribution in [-0.2, 0) is 11.2 Å². The molecule has 0 bridgehead atoms. The zero-order chi connectivity index (χ0) is 12.0. The van der Waals surface area contributed by atoms with E-state index in [1.54, 1.807) is 12.1 Å². The molecule has 2 aliphatic heterocycles. The van der Waals surface area contributed by atoms with Crippen molar-refractivity contribution in [3.8, 4) is 5.75 Å². The fourth-order valence-corrected chi connectivity index (χ4v) is 3.15. The molecule has 4 nitrogen and oxygen atoms in total. The molecule has 2 N–H and O–H groups in total. The van der Waals surface area contributed by atoms with Crippen LogP contribution in [0.3, 0.4) is 0 Å². The molecule has 3 rings (SSSR count). The summed E-state index contributed by atoms with van der Waals surface area (Å²) in [5.74, 6) is -0.632. The maximum atomic E-state index is 11.2. The number of anilines is 1. The van der Waals surface area contributed by atoms with Crippen molar-refractivity contribution in [2.75, 3.05) is 11.4 Å². The number of aryl methyl sites for hydroxylation is 1. The van der Waals surface area contributed by atoms with E-state index in [0.29, 0.717) is 0 Å². The fourth-order valence-electron chi connectivity index (χ4n) is 3.15. The number of hydrogen-bond donors (Lipinski definition) is 2. The van der Waals surface area contributed by atoms with Crippen molar-refractivity contribution in [2.24, 2.45) is 5.92 Å². The van der Waals surface area contributed by atoms with Crippen LogP contribution in [-0.4, -0.2) is 28.8 Å². The van der Waals surface area contributed by atoms with E-state index >= 15 is 0 Å². The van der Waals surface area contributed by atoms with Gasteiger partial charge >= 0.3 is 5.97 Å². The van der Waals surface area contributed by atoms with Crippen LogP contribution in [0.2, 0.25) is 0 Å². The smallest absolute Gasteiger partial charge is 0.308 e. The summed E-state index contributed by atoms with van der Waals surface area (Å²) < 4.78 is 0. The van der Waals surface area contributed by atoms with E-state index in [0.717, 1.165) is 37.1 Å². The van der Waals surface area contributed by atoms with Gasteiger partial charge in [-0.2, -0.15) is 0 Å². The number of phenolic OH excluding ortho intramolecular Hbond substituents is 1. The van der Waals surface area contributed by atoms with Gasteiger partial charge in [0.25, 0.3) is 0 Å². The van der Waals surface area contributed by atoms with Gasteiger partial charge in [0.2, 0.25) is 0 Å². The molecular weight excluding hydrogens is 218 g/mol. The van der Waals surface area contributed by atoms with Crippen molar-refractivity contribution in [1.82, 2.24) is 0 Å². The van der Waals surface area contributed by atoms with Crippen LogP contribution < -0.4 is 4.90 Å². The van der Waals surface area contributed by atoms with E-state index in [1.807, 2.05) is 6.07 Å². The fraction of sp³-hybridized carbons (Fsp3) is 0.462. The summed E-state index contributed by atoms with van der Waals surface area (Å²) in [7, 11) is 0. The molecule has 0 amide bonds. The summed E-state index contributed by atoms with van der Waals surface area (Å²) in [6, 6.07) is 5.50. The molecule has 0 spiro atoms. The van der Waals surface area contributed by atoms with Gasteiger partial charge < -0.3 is 15.1 Å². The highest BCUT2D eigenvalue weighted by molar-refractivity contribution is 5.74. The third kappa shape index (κ3) is 1.55. The lowest BCUT2D eigenvalue weighted by atomic mass is 9.90. The number of nitrogens with zero attached hydrogens (tertiary/aromatic N) is 1. The van der Waals surface area contributed by atoms with Crippen LogP contribution in [0.1, 0.15) is 18.4 Å². The molecule has 17 heavy (non-hydrogen) atoms. The second kappa shape index (κ2) is 3.65. The van der Waals surface area contributed by atoms with Gasteiger partial charge in [0.05, 0.1) is 5.92 Å². The summed E-state index contributed by atoms with van der Waals surface area (Å²) in [6.45, 7) is 0.805. The Morgan fingerprint density at radius 3 is 2.94 bits per heavy atom. The Morgan fingerprint density at radius 2 is 2.18 bits per heavy atom. The van der Waals surface area contributed by atoms with Crippen LogP contribution in [0.5, 0.6) is 5.75 Å². The Balaban J connectivity index is 1.96. The molecule has 90 valence electrons. The molecule has 0 saturated carbocycles. The van der Waals surface area contributed by atoms with E-state index in [9.17, 15) is 15.0 Å². The second-order valence-electron chi connectivity index (χ2n) is 4.85. The van der Waals surface area contributed by atoms with Crippen molar-refractivity contribution >= 4 is 11.7 Å². The number of carboxylic acids is 1. The zero-order valence-corrected chi connectivity index (χ0v) is 9.47. The average Bonchev–Trinajstić information content (AvgIpc) is 2.72. The number of rotatable bonds is 1. The molecule has 2 atom stereocenters. The number of aliphatic carboxylic acids is 1. The molecule has 0 aromatic heterocycles. The summed E-state index contributed by atoms with van der Waals surface area (Å²) in [6.07, 6.45) is 2.45. The van der Waals surface area contributed by atoms with Gasteiger partial charge in [-0.3, -0.25) is 4.79 Å². The zero-order valence-electron chi connectivity index (χ0n) is 9.47. The van der Waals surface area contributed by atoms with Crippen LogP contribution in [0.4, 0.5) is 5.69 Å². The SMILES string of the molecule is O=C(O)C1CCN2c3ccc(O)cc3CCC12. The molecule has 2 heterocycles.